The number of rotatable bonds is 7. The first-order chi connectivity index (χ1) is 21.9. The molecule has 2 heterocycles. The molecule has 1 aliphatic heterocycles. The highest BCUT2D eigenvalue weighted by Gasteiger charge is 2.32. The van der Waals surface area contributed by atoms with Crippen LogP contribution in [-0.2, 0) is 13.0 Å². The van der Waals surface area contributed by atoms with Gasteiger partial charge >= 0.3 is 0 Å². The smallest absolute Gasteiger partial charge is 0.271 e. The molecule has 0 saturated carbocycles. The second-order valence-corrected chi connectivity index (χ2v) is 13.1. The average Bonchev–Trinajstić information content (AvgIpc) is 3.37. The summed E-state index contributed by atoms with van der Waals surface area (Å²) in [5.74, 6) is 1.87. The third-order valence-corrected chi connectivity index (χ3v) is 10.1. The Labute approximate surface area is 277 Å². The largest absolute Gasteiger partial charge is 0.497 e. The SMILES string of the molecule is COc1ccc([C@@H]2C3=C(N=c4s/c(=C\c5cc(Br)c(OCc6ccccc6Cl)c(OC)c5)c(=O)n42)c2ccccc2CC3)cc1. The number of fused-ring (bicyclic) bond motifs is 3. The molecule has 4 aromatic carbocycles. The van der Waals surface area contributed by atoms with E-state index in [-0.39, 0.29) is 18.2 Å². The Morgan fingerprint density at radius 3 is 2.56 bits per heavy atom. The lowest BCUT2D eigenvalue weighted by atomic mass is 9.83. The molecule has 0 unspecified atom stereocenters. The fraction of sp³-hybridized carbons (Fsp3) is 0.167. The summed E-state index contributed by atoms with van der Waals surface area (Å²) in [5.41, 5.74) is 7.14. The van der Waals surface area contributed by atoms with Crippen molar-refractivity contribution < 1.29 is 14.2 Å². The quantitative estimate of drug-likeness (QED) is 0.179. The topological polar surface area (TPSA) is 62.0 Å². The van der Waals surface area contributed by atoms with Gasteiger partial charge in [0.2, 0.25) is 0 Å². The molecule has 1 atom stereocenters. The van der Waals surface area contributed by atoms with Crippen LogP contribution in [0.25, 0.3) is 11.8 Å². The minimum atomic E-state index is -0.264. The maximum absolute atomic E-state index is 14.2. The lowest BCUT2D eigenvalue weighted by Gasteiger charge is -2.30. The second kappa shape index (κ2) is 12.4. The van der Waals surface area contributed by atoms with Gasteiger partial charge in [-0.25, -0.2) is 4.99 Å². The number of ether oxygens (including phenoxy) is 3. The molecule has 7 rings (SSSR count). The van der Waals surface area contributed by atoms with Gasteiger partial charge in [0.15, 0.2) is 16.3 Å². The highest BCUT2D eigenvalue weighted by atomic mass is 79.9. The normalized spacial score (nSPS) is 15.6. The minimum Gasteiger partial charge on any atom is -0.497 e. The zero-order valence-corrected chi connectivity index (χ0v) is 27.7. The number of thiazole rings is 1. The van der Waals surface area contributed by atoms with Gasteiger partial charge in [0.25, 0.3) is 5.56 Å². The summed E-state index contributed by atoms with van der Waals surface area (Å²) in [7, 11) is 3.25. The zero-order valence-electron chi connectivity index (χ0n) is 24.6. The van der Waals surface area contributed by atoms with Crippen molar-refractivity contribution in [2.75, 3.05) is 14.2 Å². The van der Waals surface area contributed by atoms with Crippen LogP contribution in [0.15, 0.2) is 105 Å². The Morgan fingerprint density at radius 1 is 1.00 bits per heavy atom. The van der Waals surface area contributed by atoms with Gasteiger partial charge in [-0.3, -0.25) is 9.36 Å². The van der Waals surface area contributed by atoms with Crippen LogP contribution in [0.5, 0.6) is 17.2 Å². The average molecular weight is 700 g/mol. The van der Waals surface area contributed by atoms with Gasteiger partial charge in [0, 0.05) is 16.1 Å². The van der Waals surface area contributed by atoms with Crippen LogP contribution in [0.2, 0.25) is 5.02 Å². The van der Waals surface area contributed by atoms with Crippen LogP contribution in [-0.4, -0.2) is 18.8 Å². The van der Waals surface area contributed by atoms with Gasteiger partial charge in [-0.05, 0) is 87.4 Å². The lowest BCUT2D eigenvalue weighted by molar-refractivity contribution is 0.282. The van der Waals surface area contributed by atoms with Crippen LogP contribution in [0, 0.1) is 0 Å². The number of hydrogen-bond donors (Lipinski definition) is 0. The van der Waals surface area contributed by atoms with E-state index in [2.05, 4.69) is 40.2 Å². The van der Waals surface area contributed by atoms with Crippen LogP contribution in [0.3, 0.4) is 0 Å². The van der Waals surface area contributed by atoms with Gasteiger partial charge in [0.05, 0.1) is 35.0 Å². The Balaban J connectivity index is 1.33. The summed E-state index contributed by atoms with van der Waals surface area (Å²) in [5, 5.41) is 0.637. The van der Waals surface area contributed by atoms with Crippen molar-refractivity contribution in [2.24, 2.45) is 4.99 Å². The molecule has 0 N–H and O–H groups in total. The van der Waals surface area contributed by atoms with Crippen LogP contribution in [0.1, 0.15) is 40.3 Å². The van der Waals surface area contributed by atoms with Crippen molar-refractivity contribution in [3.63, 3.8) is 0 Å². The van der Waals surface area contributed by atoms with E-state index in [9.17, 15) is 4.79 Å². The third-order valence-electron chi connectivity index (χ3n) is 8.18. The Morgan fingerprint density at radius 2 is 1.78 bits per heavy atom. The molecule has 45 heavy (non-hydrogen) atoms. The van der Waals surface area contributed by atoms with Crippen LogP contribution >= 0.6 is 38.9 Å². The van der Waals surface area contributed by atoms with Crippen molar-refractivity contribution >= 4 is 50.6 Å². The molecule has 1 aromatic heterocycles. The fourth-order valence-electron chi connectivity index (χ4n) is 5.99. The molecule has 6 nitrogen and oxygen atoms in total. The molecule has 0 fully saturated rings. The molecule has 0 radical (unpaired) electrons. The number of aromatic nitrogens is 1. The molecule has 5 aromatic rings. The van der Waals surface area contributed by atoms with Gasteiger partial charge in [0.1, 0.15) is 12.4 Å². The van der Waals surface area contributed by atoms with Gasteiger partial charge in [-0.1, -0.05) is 77.5 Å². The first kappa shape index (κ1) is 29.6. The first-order valence-electron chi connectivity index (χ1n) is 14.5. The van der Waals surface area contributed by atoms with Gasteiger partial charge in [-0.15, -0.1) is 0 Å². The molecule has 226 valence electrons. The number of nitrogens with zero attached hydrogens (tertiary/aromatic N) is 2. The molecule has 0 spiro atoms. The van der Waals surface area contributed by atoms with E-state index in [4.69, 9.17) is 30.8 Å². The molecule has 2 aliphatic rings. The summed E-state index contributed by atoms with van der Waals surface area (Å²) in [4.78, 5) is 20.0. The van der Waals surface area contributed by atoms with Crippen molar-refractivity contribution in [2.45, 2.75) is 25.5 Å². The predicted molar refractivity (Wildman–Crippen MR) is 182 cm³/mol. The van der Waals surface area contributed by atoms with E-state index in [0.29, 0.717) is 30.3 Å². The monoisotopic (exact) mass is 698 g/mol. The molecular formula is C36H28BrClN2O4S. The zero-order chi connectivity index (χ0) is 31.1. The van der Waals surface area contributed by atoms with Crippen LogP contribution < -0.4 is 29.1 Å². The summed E-state index contributed by atoms with van der Waals surface area (Å²) < 4.78 is 20.4. The molecule has 0 bridgehead atoms. The number of halogens is 2. The predicted octanol–water partition coefficient (Wildman–Crippen LogP) is 7.33. The number of benzene rings is 4. The highest BCUT2D eigenvalue weighted by molar-refractivity contribution is 9.10. The lowest BCUT2D eigenvalue weighted by Crippen LogP contribution is -2.38. The Hall–Kier alpha value is -4.11. The maximum atomic E-state index is 14.2. The van der Waals surface area contributed by atoms with Crippen molar-refractivity contribution in [1.82, 2.24) is 4.57 Å². The summed E-state index contributed by atoms with van der Waals surface area (Å²) in [6, 6.07) is 27.5. The first-order valence-corrected chi connectivity index (χ1v) is 16.4. The van der Waals surface area contributed by atoms with Crippen molar-refractivity contribution in [3.05, 3.63) is 148 Å². The third kappa shape index (κ3) is 5.52. The van der Waals surface area contributed by atoms with Gasteiger partial charge in [-0.2, -0.15) is 0 Å². The molecule has 1 aliphatic carbocycles. The molecular weight excluding hydrogens is 672 g/mol. The fourth-order valence-corrected chi connectivity index (χ4v) is 7.75. The standard InChI is InChI=1S/C36H28BrClN2O4S/c1-42-25-14-11-23(12-15-25)33-27-16-13-22-7-3-5-9-26(22)32(27)39-36-40(33)35(41)31(45-36)19-21-17-28(37)34(30(18-21)43-2)44-20-24-8-4-6-10-29(24)38/h3-12,14-15,17-19,33H,13,16,20H2,1-2H3/b31-19-/t33-/m1/s1. The summed E-state index contributed by atoms with van der Waals surface area (Å²) in [6.07, 6.45) is 3.62. The molecule has 0 saturated heterocycles. The van der Waals surface area contributed by atoms with Crippen molar-refractivity contribution in [1.29, 1.82) is 0 Å². The van der Waals surface area contributed by atoms with E-state index >= 15 is 0 Å². The minimum absolute atomic E-state index is 0.0842. The van der Waals surface area contributed by atoms with E-state index in [1.54, 1.807) is 14.2 Å². The number of methoxy groups -OCH3 is 2. The Kier molecular flexibility index (Phi) is 8.12. The van der Waals surface area contributed by atoms with Crippen molar-refractivity contribution in [3.8, 4) is 17.2 Å². The molecule has 9 heteroatoms. The highest BCUT2D eigenvalue weighted by Crippen LogP contribution is 2.42. The van der Waals surface area contributed by atoms with E-state index in [1.807, 2.05) is 71.3 Å². The van der Waals surface area contributed by atoms with Crippen LogP contribution in [0.4, 0.5) is 0 Å². The Bertz CT molecular complexity index is 2150. The van der Waals surface area contributed by atoms with E-state index in [0.717, 1.165) is 52.1 Å². The van der Waals surface area contributed by atoms with E-state index < -0.39 is 0 Å². The number of hydrogen-bond acceptors (Lipinski definition) is 6. The maximum Gasteiger partial charge on any atom is 0.271 e. The van der Waals surface area contributed by atoms with Gasteiger partial charge < -0.3 is 14.2 Å². The number of aryl methyl sites for hydroxylation is 1. The summed E-state index contributed by atoms with van der Waals surface area (Å²) >= 11 is 11.4. The number of allylic oxidation sites excluding steroid dienone is 1. The molecule has 0 amide bonds. The van der Waals surface area contributed by atoms with E-state index in [1.165, 1.54) is 16.9 Å². The summed E-state index contributed by atoms with van der Waals surface area (Å²) in [6.45, 7) is 0.283. The second-order valence-electron chi connectivity index (χ2n) is 10.8.